The Morgan fingerprint density at radius 3 is 2.35 bits per heavy atom. The summed E-state index contributed by atoms with van der Waals surface area (Å²) in [6.07, 6.45) is 7.97. The highest BCUT2D eigenvalue weighted by Crippen LogP contribution is 2.42. The third-order valence-electron chi connectivity index (χ3n) is 11.2. The smallest absolute Gasteiger partial charge is 0.257 e. The van der Waals surface area contributed by atoms with Crippen LogP contribution in [-0.2, 0) is 15.6 Å². The summed E-state index contributed by atoms with van der Waals surface area (Å²) in [6.45, 7) is 5.30. The predicted octanol–water partition coefficient (Wildman–Crippen LogP) is 5.70. The Balaban J connectivity index is 1.09. The molecule has 1 aromatic heterocycles. The van der Waals surface area contributed by atoms with Crippen LogP contribution < -0.4 is 10.2 Å². The number of rotatable bonds is 10. The zero-order valence-corrected chi connectivity index (χ0v) is 30.5. The number of halogens is 2. The molecule has 3 aromatic carbocycles. The molecule has 0 spiro atoms. The molecule has 2 amide bonds. The molecule has 0 saturated carbocycles. The average Bonchev–Trinajstić information content (AvgIpc) is 3.88. The van der Waals surface area contributed by atoms with Crippen molar-refractivity contribution in [3.8, 4) is 11.4 Å². The van der Waals surface area contributed by atoms with E-state index >= 15 is 0 Å². The van der Waals surface area contributed by atoms with E-state index in [1.54, 1.807) is 19.2 Å². The summed E-state index contributed by atoms with van der Waals surface area (Å²) in [5.74, 6) is 0.476. The summed E-state index contributed by atoms with van der Waals surface area (Å²) in [4.78, 5) is 32.6. The lowest BCUT2D eigenvalue weighted by molar-refractivity contribution is -0.134. The summed E-state index contributed by atoms with van der Waals surface area (Å²) in [6, 6.07) is 21.5. The third-order valence-corrected chi connectivity index (χ3v) is 11.9. The molecule has 11 nitrogen and oxygen atoms in total. The molecule has 51 heavy (non-hydrogen) atoms. The maximum absolute atomic E-state index is 14.2. The minimum absolute atomic E-state index is 0.104. The monoisotopic (exact) mass is 730 g/mol. The number of hydrogen-bond donors (Lipinski definition) is 1. The molecule has 4 heterocycles. The number of ether oxygens (including phenoxy) is 1. The van der Waals surface area contributed by atoms with Crippen LogP contribution in [0.2, 0.25) is 10.0 Å². The Bertz CT molecular complexity index is 1830. The molecule has 3 aliphatic rings. The number of hydrogen-bond acceptors (Lipinski definition) is 8. The Labute approximate surface area is 308 Å². The van der Waals surface area contributed by atoms with E-state index in [0.29, 0.717) is 40.1 Å². The summed E-state index contributed by atoms with van der Waals surface area (Å²) >= 11 is 13.0. The summed E-state index contributed by atoms with van der Waals surface area (Å²) in [5, 5.41) is 14.6. The fourth-order valence-electron chi connectivity index (χ4n) is 8.10. The Morgan fingerprint density at radius 1 is 0.863 bits per heavy atom. The Hall–Kier alpha value is -4.03. The first-order valence-corrected chi connectivity index (χ1v) is 18.6. The predicted molar refractivity (Wildman–Crippen MR) is 196 cm³/mol. The van der Waals surface area contributed by atoms with Crippen LogP contribution >= 0.6 is 23.2 Å². The lowest BCUT2D eigenvalue weighted by atomic mass is 9.71. The highest BCUT2D eigenvalue weighted by Gasteiger charge is 2.46. The SMILES string of the molecule is COc1ccc(-n2cnnn2)cc1C(=O)N1CCC(CCN2CCC(C(=O)NN3CCCCC3)(c3ccccc3)CC2)(c2ccc(Cl)c(Cl)c2)C1. The highest BCUT2D eigenvalue weighted by atomic mass is 35.5. The second kappa shape index (κ2) is 15.3. The van der Waals surface area contributed by atoms with E-state index in [9.17, 15) is 9.59 Å². The molecule has 268 valence electrons. The van der Waals surface area contributed by atoms with Gasteiger partial charge in [0.2, 0.25) is 5.91 Å². The van der Waals surface area contributed by atoms with Crippen LogP contribution in [0.3, 0.4) is 0 Å². The van der Waals surface area contributed by atoms with Gasteiger partial charge in [-0.3, -0.25) is 15.0 Å². The van der Waals surface area contributed by atoms with Crippen molar-refractivity contribution in [3.05, 3.63) is 99.8 Å². The number of likely N-dealkylation sites (tertiary alicyclic amines) is 2. The third kappa shape index (κ3) is 7.35. The van der Waals surface area contributed by atoms with Gasteiger partial charge in [0.15, 0.2) is 0 Å². The molecular weight excluding hydrogens is 687 g/mol. The lowest BCUT2D eigenvalue weighted by Crippen LogP contribution is -2.56. The first kappa shape index (κ1) is 35.4. The fourth-order valence-corrected chi connectivity index (χ4v) is 8.40. The summed E-state index contributed by atoms with van der Waals surface area (Å²) in [7, 11) is 1.56. The summed E-state index contributed by atoms with van der Waals surface area (Å²) in [5.41, 5.74) is 5.64. The number of methoxy groups -OCH3 is 1. The number of aromatic nitrogens is 4. The molecule has 13 heteroatoms. The van der Waals surface area contributed by atoms with Crippen molar-refractivity contribution in [2.75, 3.05) is 52.9 Å². The van der Waals surface area contributed by atoms with Gasteiger partial charge in [0, 0.05) is 31.6 Å². The molecule has 1 N–H and O–H groups in total. The number of tetrazole rings is 1. The van der Waals surface area contributed by atoms with E-state index in [2.05, 4.69) is 43.0 Å². The second-order valence-corrected chi connectivity index (χ2v) is 14.9. The van der Waals surface area contributed by atoms with Gasteiger partial charge in [-0.2, -0.15) is 0 Å². The van der Waals surface area contributed by atoms with Gasteiger partial charge in [-0.05, 0) is 110 Å². The number of nitrogens with zero attached hydrogens (tertiary/aromatic N) is 7. The van der Waals surface area contributed by atoms with Crippen LogP contribution in [0.15, 0.2) is 73.1 Å². The lowest BCUT2D eigenvalue weighted by Gasteiger charge is -2.43. The van der Waals surface area contributed by atoms with Crippen LogP contribution in [0.5, 0.6) is 5.75 Å². The van der Waals surface area contributed by atoms with E-state index in [4.69, 9.17) is 27.9 Å². The van der Waals surface area contributed by atoms with Crippen LogP contribution in [0.1, 0.15) is 66.4 Å². The van der Waals surface area contributed by atoms with E-state index < -0.39 is 5.41 Å². The minimum Gasteiger partial charge on any atom is -0.496 e. The maximum atomic E-state index is 14.2. The van der Waals surface area contributed by atoms with Gasteiger partial charge in [-0.1, -0.05) is 66.0 Å². The highest BCUT2D eigenvalue weighted by molar-refractivity contribution is 6.42. The molecule has 3 aliphatic heterocycles. The molecule has 1 unspecified atom stereocenters. The van der Waals surface area contributed by atoms with E-state index in [1.807, 2.05) is 47.4 Å². The molecular formula is C38H44Cl2N8O3. The molecule has 7 rings (SSSR count). The maximum Gasteiger partial charge on any atom is 0.257 e. The standard InChI is InChI=1S/C38H44Cl2N8O3/c1-51-34-13-11-30(48-27-41-43-44-48)25-31(34)35(49)46-23-15-37(26-46,29-10-12-32(39)33(40)24-29)14-20-45-21-16-38(17-22-45,28-8-4-2-5-9-28)36(50)42-47-18-6-3-7-19-47/h2,4-5,8-13,24-25,27H,3,6-7,14-23,26H2,1H3,(H,42,50). The zero-order valence-electron chi connectivity index (χ0n) is 28.9. The van der Waals surface area contributed by atoms with Crippen molar-refractivity contribution in [1.82, 2.24) is 40.4 Å². The van der Waals surface area contributed by atoms with Crippen molar-refractivity contribution < 1.29 is 14.3 Å². The number of benzene rings is 3. The van der Waals surface area contributed by atoms with Gasteiger partial charge in [-0.15, -0.1) is 5.10 Å². The van der Waals surface area contributed by atoms with Crippen molar-refractivity contribution >= 4 is 35.0 Å². The number of carbonyl (C=O) groups is 2. The number of hydrazine groups is 1. The van der Waals surface area contributed by atoms with Crippen molar-refractivity contribution in [2.24, 2.45) is 0 Å². The minimum atomic E-state index is -0.580. The molecule has 1 atom stereocenters. The fraction of sp³-hybridized carbons (Fsp3) is 0.447. The Kier molecular flexibility index (Phi) is 10.6. The van der Waals surface area contributed by atoms with Crippen molar-refractivity contribution in [2.45, 2.75) is 55.8 Å². The topological polar surface area (TPSA) is 109 Å². The van der Waals surface area contributed by atoms with Gasteiger partial charge < -0.3 is 14.5 Å². The van der Waals surface area contributed by atoms with Gasteiger partial charge in [0.05, 0.1) is 33.8 Å². The van der Waals surface area contributed by atoms with Crippen molar-refractivity contribution in [1.29, 1.82) is 0 Å². The molecule has 4 aromatic rings. The quantitative estimate of drug-likeness (QED) is 0.221. The Morgan fingerprint density at radius 2 is 1.65 bits per heavy atom. The van der Waals surface area contributed by atoms with Gasteiger partial charge >= 0.3 is 0 Å². The number of piperidine rings is 2. The van der Waals surface area contributed by atoms with Crippen LogP contribution in [0.4, 0.5) is 0 Å². The van der Waals surface area contributed by atoms with Gasteiger partial charge in [-0.25, -0.2) is 9.69 Å². The van der Waals surface area contributed by atoms with E-state index in [1.165, 1.54) is 17.4 Å². The molecule has 3 fully saturated rings. The van der Waals surface area contributed by atoms with Crippen molar-refractivity contribution in [3.63, 3.8) is 0 Å². The van der Waals surface area contributed by atoms with Gasteiger partial charge in [0.25, 0.3) is 5.91 Å². The normalized spacial score (nSPS) is 21.0. The molecule has 0 aliphatic carbocycles. The summed E-state index contributed by atoms with van der Waals surface area (Å²) < 4.78 is 7.14. The first-order chi connectivity index (χ1) is 24.8. The van der Waals surface area contributed by atoms with Gasteiger partial charge in [0.1, 0.15) is 12.1 Å². The molecule has 3 saturated heterocycles. The van der Waals surface area contributed by atoms with E-state index in [-0.39, 0.29) is 17.2 Å². The molecule has 0 bridgehead atoms. The van der Waals surface area contributed by atoms with Crippen LogP contribution in [-0.4, -0.2) is 99.8 Å². The van der Waals surface area contributed by atoms with E-state index in [0.717, 1.165) is 82.4 Å². The van der Waals surface area contributed by atoms with Crippen LogP contribution in [0.25, 0.3) is 5.69 Å². The largest absolute Gasteiger partial charge is 0.496 e. The molecule has 0 radical (unpaired) electrons. The average molecular weight is 732 g/mol. The first-order valence-electron chi connectivity index (χ1n) is 17.8. The number of carbonyl (C=O) groups excluding carboxylic acids is 2. The number of amides is 2. The second-order valence-electron chi connectivity index (χ2n) is 14.1. The zero-order chi connectivity index (χ0) is 35.4. The van der Waals surface area contributed by atoms with Crippen LogP contribution in [0, 0.1) is 0 Å². The number of nitrogens with one attached hydrogen (secondary N) is 1.